The Morgan fingerprint density at radius 1 is 1.30 bits per heavy atom. The highest BCUT2D eigenvalue weighted by Crippen LogP contribution is 2.31. The Morgan fingerprint density at radius 2 is 2.00 bits per heavy atom. The molecule has 6 nitrogen and oxygen atoms in total. The SMILES string of the molecule is COC(=O)Cc1sc(NC(=O)CCN)nc1-c1ccccc1.Cl. The summed E-state index contributed by atoms with van der Waals surface area (Å²) < 4.78 is 4.71. The molecule has 1 aromatic carbocycles. The van der Waals surface area contributed by atoms with Crippen molar-refractivity contribution < 1.29 is 14.3 Å². The molecule has 1 heterocycles. The number of benzene rings is 1. The summed E-state index contributed by atoms with van der Waals surface area (Å²) in [6.45, 7) is 0.276. The molecule has 0 atom stereocenters. The van der Waals surface area contributed by atoms with Gasteiger partial charge in [-0.1, -0.05) is 30.3 Å². The predicted octanol–water partition coefficient (Wildman–Crippen LogP) is 2.23. The number of nitrogens with two attached hydrogens (primary N) is 1. The lowest BCUT2D eigenvalue weighted by Gasteiger charge is -2.01. The summed E-state index contributed by atoms with van der Waals surface area (Å²) in [5.74, 6) is -0.541. The number of hydrogen-bond acceptors (Lipinski definition) is 6. The Morgan fingerprint density at radius 3 is 2.61 bits per heavy atom. The van der Waals surface area contributed by atoms with Crippen LogP contribution in [0.4, 0.5) is 5.13 Å². The minimum Gasteiger partial charge on any atom is -0.469 e. The highest BCUT2D eigenvalue weighted by atomic mass is 35.5. The maximum atomic E-state index is 11.6. The number of aromatic nitrogens is 1. The van der Waals surface area contributed by atoms with Gasteiger partial charge in [0.2, 0.25) is 5.91 Å². The van der Waals surface area contributed by atoms with Crippen molar-refractivity contribution in [3.05, 3.63) is 35.2 Å². The second kappa shape index (κ2) is 9.24. The number of anilines is 1. The van der Waals surface area contributed by atoms with E-state index in [1.807, 2.05) is 30.3 Å². The number of esters is 1. The van der Waals surface area contributed by atoms with Crippen LogP contribution in [0, 0.1) is 0 Å². The number of thiazole rings is 1. The number of carbonyl (C=O) groups is 2. The standard InChI is InChI=1S/C15H17N3O3S.ClH/c1-21-13(20)9-11-14(10-5-3-2-4-6-10)18-15(22-11)17-12(19)7-8-16;/h2-6H,7-9,16H2,1H3,(H,17,18,19);1H. The van der Waals surface area contributed by atoms with Crippen LogP contribution in [0.25, 0.3) is 11.3 Å². The third-order valence-corrected chi connectivity index (χ3v) is 3.87. The summed E-state index contributed by atoms with van der Waals surface area (Å²) in [7, 11) is 1.34. The molecular formula is C15H18ClN3O3S. The normalized spacial score (nSPS) is 9.83. The molecule has 0 spiro atoms. The number of amides is 1. The summed E-state index contributed by atoms with van der Waals surface area (Å²) in [4.78, 5) is 28.4. The number of carbonyl (C=O) groups excluding carboxylic acids is 2. The van der Waals surface area contributed by atoms with Gasteiger partial charge in [-0.3, -0.25) is 9.59 Å². The Bertz CT molecular complexity index is 661. The van der Waals surface area contributed by atoms with Gasteiger partial charge < -0.3 is 15.8 Å². The van der Waals surface area contributed by atoms with Crippen LogP contribution in [-0.4, -0.2) is 30.5 Å². The van der Waals surface area contributed by atoms with Crippen molar-refractivity contribution in [2.24, 2.45) is 5.73 Å². The zero-order chi connectivity index (χ0) is 15.9. The molecule has 124 valence electrons. The number of methoxy groups -OCH3 is 1. The molecule has 2 rings (SSSR count). The average molecular weight is 356 g/mol. The molecule has 1 aromatic heterocycles. The second-order valence-corrected chi connectivity index (χ2v) is 5.58. The fourth-order valence-corrected chi connectivity index (χ4v) is 2.85. The van der Waals surface area contributed by atoms with Crippen molar-refractivity contribution in [3.8, 4) is 11.3 Å². The van der Waals surface area contributed by atoms with E-state index < -0.39 is 0 Å². The quantitative estimate of drug-likeness (QED) is 0.775. The predicted molar refractivity (Wildman–Crippen MR) is 92.8 cm³/mol. The van der Waals surface area contributed by atoms with Gasteiger partial charge >= 0.3 is 5.97 Å². The topological polar surface area (TPSA) is 94.3 Å². The largest absolute Gasteiger partial charge is 0.469 e. The molecule has 3 N–H and O–H groups in total. The first kappa shape index (κ1) is 19.1. The first-order chi connectivity index (χ1) is 10.6. The minimum absolute atomic E-state index is 0. The molecular weight excluding hydrogens is 338 g/mol. The average Bonchev–Trinajstić information content (AvgIpc) is 2.90. The third kappa shape index (κ3) is 5.31. The summed E-state index contributed by atoms with van der Waals surface area (Å²) in [5.41, 5.74) is 6.92. The number of ether oxygens (including phenoxy) is 1. The molecule has 0 unspecified atom stereocenters. The van der Waals surface area contributed by atoms with Crippen LogP contribution in [0.2, 0.25) is 0 Å². The summed E-state index contributed by atoms with van der Waals surface area (Å²) in [6.07, 6.45) is 0.345. The summed E-state index contributed by atoms with van der Waals surface area (Å²) >= 11 is 1.27. The maximum absolute atomic E-state index is 11.6. The van der Waals surface area contributed by atoms with Crippen LogP contribution in [0.3, 0.4) is 0 Å². The fraction of sp³-hybridized carbons (Fsp3) is 0.267. The first-order valence-electron chi connectivity index (χ1n) is 6.76. The highest BCUT2D eigenvalue weighted by Gasteiger charge is 2.17. The van der Waals surface area contributed by atoms with Crippen molar-refractivity contribution in [1.82, 2.24) is 4.98 Å². The number of nitrogens with one attached hydrogen (secondary N) is 1. The van der Waals surface area contributed by atoms with Gasteiger partial charge in [0, 0.05) is 23.4 Å². The zero-order valence-corrected chi connectivity index (χ0v) is 14.2. The molecule has 2 aromatic rings. The molecule has 0 saturated heterocycles. The molecule has 0 aliphatic heterocycles. The van der Waals surface area contributed by atoms with Crippen LogP contribution in [0.5, 0.6) is 0 Å². The Labute approximate surface area is 144 Å². The Hall–Kier alpha value is -1.96. The molecule has 0 fully saturated rings. The van der Waals surface area contributed by atoms with E-state index in [4.69, 9.17) is 10.5 Å². The van der Waals surface area contributed by atoms with Crippen LogP contribution >= 0.6 is 23.7 Å². The van der Waals surface area contributed by atoms with Gasteiger partial charge in [-0.25, -0.2) is 4.98 Å². The van der Waals surface area contributed by atoms with Crippen molar-refractivity contribution in [2.45, 2.75) is 12.8 Å². The molecule has 0 bridgehead atoms. The molecule has 0 aliphatic carbocycles. The lowest BCUT2D eigenvalue weighted by Crippen LogP contribution is -2.15. The summed E-state index contributed by atoms with van der Waals surface area (Å²) in [6, 6.07) is 9.50. The fourth-order valence-electron chi connectivity index (χ4n) is 1.86. The lowest BCUT2D eigenvalue weighted by molar-refractivity contribution is -0.139. The molecule has 1 amide bonds. The molecule has 0 radical (unpaired) electrons. The van der Waals surface area contributed by atoms with E-state index >= 15 is 0 Å². The molecule has 23 heavy (non-hydrogen) atoms. The van der Waals surface area contributed by atoms with Crippen molar-refractivity contribution in [1.29, 1.82) is 0 Å². The summed E-state index contributed by atoms with van der Waals surface area (Å²) in [5, 5.41) is 3.16. The highest BCUT2D eigenvalue weighted by molar-refractivity contribution is 7.16. The molecule has 0 aliphatic rings. The van der Waals surface area contributed by atoms with Gasteiger partial charge in [-0.2, -0.15) is 0 Å². The van der Waals surface area contributed by atoms with Crippen LogP contribution in [0.1, 0.15) is 11.3 Å². The molecule has 8 heteroatoms. The van der Waals surface area contributed by atoms with Crippen LogP contribution in [-0.2, 0) is 20.7 Å². The Balaban J connectivity index is 0.00000264. The number of rotatable bonds is 6. The van der Waals surface area contributed by atoms with Gasteiger partial charge in [0.15, 0.2) is 5.13 Å². The monoisotopic (exact) mass is 355 g/mol. The van der Waals surface area contributed by atoms with Gasteiger partial charge in [0.1, 0.15) is 0 Å². The van der Waals surface area contributed by atoms with Crippen LogP contribution in [0.15, 0.2) is 30.3 Å². The second-order valence-electron chi connectivity index (χ2n) is 4.50. The molecule has 0 saturated carbocycles. The van der Waals surface area contributed by atoms with Gasteiger partial charge in [-0.15, -0.1) is 23.7 Å². The van der Waals surface area contributed by atoms with Crippen molar-refractivity contribution in [3.63, 3.8) is 0 Å². The number of hydrogen-bond donors (Lipinski definition) is 2. The van der Waals surface area contributed by atoms with E-state index in [1.165, 1.54) is 18.4 Å². The van der Waals surface area contributed by atoms with E-state index in [2.05, 4.69) is 10.3 Å². The third-order valence-electron chi connectivity index (χ3n) is 2.89. The van der Waals surface area contributed by atoms with E-state index in [9.17, 15) is 9.59 Å². The van der Waals surface area contributed by atoms with Gasteiger partial charge in [0.05, 0.1) is 19.2 Å². The van der Waals surface area contributed by atoms with E-state index in [0.717, 1.165) is 10.4 Å². The smallest absolute Gasteiger partial charge is 0.310 e. The van der Waals surface area contributed by atoms with Crippen LogP contribution < -0.4 is 11.1 Å². The van der Waals surface area contributed by atoms with Crippen molar-refractivity contribution in [2.75, 3.05) is 19.0 Å². The Kier molecular flexibility index (Phi) is 7.67. The number of halogens is 1. The first-order valence-corrected chi connectivity index (χ1v) is 7.57. The zero-order valence-electron chi connectivity index (χ0n) is 12.6. The van der Waals surface area contributed by atoms with E-state index in [-0.39, 0.29) is 43.7 Å². The van der Waals surface area contributed by atoms with Crippen molar-refractivity contribution >= 4 is 40.8 Å². The van der Waals surface area contributed by atoms with Gasteiger partial charge in [0.25, 0.3) is 0 Å². The van der Waals surface area contributed by atoms with E-state index in [1.54, 1.807) is 0 Å². The minimum atomic E-state index is -0.347. The van der Waals surface area contributed by atoms with Gasteiger partial charge in [-0.05, 0) is 0 Å². The van der Waals surface area contributed by atoms with E-state index in [0.29, 0.717) is 10.8 Å². The maximum Gasteiger partial charge on any atom is 0.310 e. The number of nitrogens with zero attached hydrogens (tertiary/aromatic N) is 1. The lowest BCUT2D eigenvalue weighted by atomic mass is 10.1.